The Bertz CT molecular complexity index is 845. The van der Waals surface area contributed by atoms with Gasteiger partial charge in [0.1, 0.15) is 5.69 Å². The van der Waals surface area contributed by atoms with Gasteiger partial charge in [0, 0.05) is 12.4 Å². The predicted molar refractivity (Wildman–Crippen MR) is 84.0 cm³/mol. The molecule has 0 aromatic carbocycles. The molecule has 23 heavy (non-hydrogen) atoms. The van der Waals surface area contributed by atoms with E-state index >= 15 is 0 Å². The molecule has 1 aliphatic rings. The lowest BCUT2D eigenvalue weighted by molar-refractivity contribution is 0.102. The van der Waals surface area contributed by atoms with Crippen LogP contribution in [0.25, 0.3) is 0 Å². The molecule has 1 fully saturated rings. The molecule has 0 radical (unpaired) electrons. The lowest BCUT2D eigenvalue weighted by atomic mass is 10.2. The Morgan fingerprint density at radius 1 is 1.35 bits per heavy atom. The summed E-state index contributed by atoms with van der Waals surface area (Å²) in [5.74, 6) is -0.105. The molecule has 0 bridgehead atoms. The summed E-state index contributed by atoms with van der Waals surface area (Å²) in [5, 5.41) is 7.19. The van der Waals surface area contributed by atoms with Crippen molar-refractivity contribution in [2.24, 2.45) is 0 Å². The zero-order valence-corrected chi connectivity index (χ0v) is 13.7. The van der Waals surface area contributed by atoms with Gasteiger partial charge in [-0.05, 0) is 20.3 Å². The van der Waals surface area contributed by atoms with Crippen LogP contribution in [0.5, 0.6) is 0 Å². The van der Waals surface area contributed by atoms with Crippen molar-refractivity contribution in [1.82, 2.24) is 19.7 Å². The van der Waals surface area contributed by atoms with Crippen LogP contribution in [0, 0.1) is 13.8 Å². The standard InChI is InChI=1S/C14H17N5O3S/c1-9-13(17-14(20)12-7-15-4-5-16-12)10(2)19(18-9)11-3-6-23(21,22)8-11/h4-5,7,11H,3,6,8H2,1-2H3,(H,17,20). The highest BCUT2D eigenvalue weighted by atomic mass is 32.2. The molecular formula is C14H17N5O3S. The van der Waals surface area contributed by atoms with Gasteiger partial charge in [-0.25, -0.2) is 13.4 Å². The number of rotatable bonds is 3. The molecule has 0 spiro atoms. The van der Waals surface area contributed by atoms with Crippen LogP contribution < -0.4 is 5.32 Å². The fourth-order valence-electron chi connectivity index (χ4n) is 2.76. The van der Waals surface area contributed by atoms with E-state index in [1.807, 2.05) is 6.92 Å². The number of carbonyl (C=O) groups excluding carboxylic acids is 1. The smallest absolute Gasteiger partial charge is 0.275 e. The lowest BCUT2D eigenvalue weighted by Gasteiger charge is -2.11. The van der Waals surface area contributed by atoms with Gasteiger partial charge in [-0.3, -0.25) is 14.5 Å². The average Bonchev–Trinajstić information content (AvgIpc) is 3.01. The van der Waals surface area contributed by atoms with Crippen LogP contribution in [0.3, 0.4) is 0 Å². The van der Waals surface area contributed by atoms with Gasteiger partial charge < -0.3 is 5.32 Å². The molecule has 2 aromatic heterocycles. The molecule has 0 saturated carbocycles. The first kappa shape index (κ1) is 15.6. The number of nitrogens with one attached hydrogen (secondary N) is 1. The Hall–Kier alpha value is -2.29. The van der Waals surface area contributed by atoms with Crippen molar-refractivity contribution in [2.45, 2.75) is 26.3 Å². The molecule has 3 heterocycles. The van der Waals surface area contributed by atoms with Crippen LogP contribution in [0.15, 0.2) is 18.6 Å². The second-order valence-corrected chi connectivity index (χ2v) is 7.82. The molecular weight excluding hydrogens is 318 g/mol. The van der Waals surface area contributed by atoms with Gasteiger partial charge >= 0.3 is 0 Å². The molecule has 2 aromatic rings. The van der Waals surface area contributed by atoms with Crippen LogP contribution in [0.2, 0.25) is 0 Å². The highest BCUT2D eigenvalue weighted by Gasteiger charge is 2.31. The molecule has 1 unspecified atom stereocenters. The van der Waals surface area contributed by atoms with Gasteiger partial charge in [0.05, 0.1) is 40.8 Å². The van der Waals surface area contributed by atoms with Gasteiger partial charge in [-0.15, -0.1) is 0 Å². The molecule has 0 aliphatic carbocycles. The third kappa shape index (κ3) is 3.09. The van der Waals surface area contributed by atoms with Gasteiger partial charge in [-0.1, -0.05) is 0 Å². The van der Waals surface area contributed by atoms with Crippen molar-refractivity contribution in [3.8, 4) is 0 Å². The predicted octanol–water partition coefficient (Wildman–Crippen LogP) is 0.902. The first-order chi connectivity index (χ1) is 10.9. The van der Waals surface area contributed by atoms with Gasteiger partial charge in [0.25, 0.3) is 5.91 Å². The maximum Gasteiger partial charge on any atom is 0.275 e. The minimum Gasteiger partial charge on any atom is -0.317 e. The molecule has 1 amide bonds. The zero-order chi connectivity index (χ0) is 16.6. The summed E-state index contributed by atoms with van der Waals surface area (Å²) in [5.41, 5.74) is 2.18. The van der Waals surface area contributed by atoms with E-state index in [0.717, 1.165) is 5.69 Å². The fraction of sp³-hybridized carbons (Fsp3) is 0.429. The summed E-state index contributed by atoms with van der Waals surface area (Å²) in [7, 11) is -3.00. The third-order valence-electron chi connectivity index (χ3n) is 3.91. The Kier molecular flexibility index (Phi) is 3.88. The van der Waals surface area contributed by atoms with Crippen LogP contribution >= 0.6 is 0 Å². The third-order valence-corrected chi connectivity index (χ3v) is 5.66. The van der Waals surface area contributed by atoms with Gasteiger partial charge in [0.2, 0.25) is 0 Å². The molecule has 1 saturated heterocycles. The minimum atomic E-state index is -3.00. The normalized spacial score (nSPS) is 19.7. The van der Waals surface area contributed by atoms with Crippen LogP contribution in [-0.4, -0.2) is 45.6 Å². The van der Waals surface area contributed by atoms with Gasteiger partial charge in [-0.2, -0.15) is 5.10 Å². The lowest BCUT2D eigenvalue weighted by Crippen LogP contribution is -2.16. The number of aryl methyl sites for hydroxylation is 1. The number of hydrogen-bond acceptors (Lipinski definition) is 6. The fourth-order valence-corrected chi connectivity index (χ4v) is 4.45. The number of carbonyl (C=O) groups is 1. The monoisotopic (exact) mass is 335 g/mol. The maximum absolute atomic E-state index is 12.2. The Balaban J connectivity index is 1.86. The maximum atomic E-state index is 12.2. The highest BCUT2D eigenvalue weighted by molar-refractivity contribution is 7.91. The number of nitrogens with zero attached hydrogens (tertiary/aromatic N) is 4. The Morgan fingerprint density at radius 3 is 2.74 bits per heavy atom. The van der Waals surface area contributed by atoms with Crippen LogP contribution in [0.4, 0.5) is 5.69 Å². The summed E-state index contributed by atoms with van der Waals surface area (Å²) in [6.45, 7) is 3.59. The van der Waals surface area contributed by atoms with Crippen LogP contribution in [-0.2, 0) is 9.84 Å². The highest BCUT2D eigenvalue weighted by Crippen LogP contribution is 2.29. The minimum absolute atomic E-state index is 0.0898. The van der Waals surface area contributed by atoms with E-state index in [9.17, 15) is 13.2 Å². The summed E-state index contributed by atoms with van der Waals surface area (Å²) >= 11 is 0. The van der Waals surface area contributed by atoms with Crippen molar-refractivity contribution >= 4 is 21.4 Å². The van der Waals surface area contributed by atoms with Crippen molar-refractivity contribution in [1.29, 1.82) is 0 Å². The van der Waals surface area contributed by atoms with E-state index in [1.165, 1.54) is 18.6 Å². The number of sulfone groups is 1. The molecule has 122 valence electrons. The van der Waals surface area contributed by atoms with E-state index in [0.29, 0.717) is 17.8 Å². The first-order valence-corrected chi connectivity index (χ1v) is 9.03. The van der Waals surface area contributed by atoms with Crippen LogP contribution in [0.1, 0.15) is 34.3 Å². The second kappa shape index (κ2) is 5.73. The first-order valence-electron chi connectivity index (χ1n) is 7.21. The number of anilines is 1. The van der Waals surface area contributed by atoms with E-state index in [-0.39, 0.29) is 29.1 Å². The molecule has 9 heteroatoms. The summed E-state index contributed by atoms with van der Waals surface area (Å²) in [6.07, 6.45) is 4.86. The molecule has 1 atom stereocenters. The molecule has 3 rings (SSSR count). The Morgan fingerprint density at radius 2 is 2.13 bits per heavy atom. The zero-order valence-electron chi connectivity index (χ0n) is 12.9. The van der Waals surface area contributed by atoms with E-state index in [1.54, 1.807) is 11.6 Å². The SMILES string of the molecule is Cc1nn(C2CCS(=O)(=O)C2)c(C)c1NC(=O)c1cnccn1. The number of aromatic nitrogens is 4. The largest absolute Gasteiger partial charge is 0.317 e. The number of hydrogen-bond donors (Lipinski definition) is 1. The van der Waals surface area contributed by atoms with E-state index in [4.69, 9.17) is 0 Å². The van der Waals surface area contributed by atoms with Gasteiger partial charge in [0.15, 0.2) is 9.84 Å². The van der Waals surface area contributed by atoms with E-state index in [2.05, 4.69) is 20.4 Å². The van der Waals surface area contributed by atoms with Crippen molar-refractivity contribution in [3.63, 3.8) is 0 Å². The number of amides is 1. The quantitative estimate of drug-likeness (QED) is 0.893. The van der Waals surface area contributed by atoms with Crippen molar-refractivity contribution in [3.05, 3.63) is 35.7 Å². The Labute approximate surface area is 133 Å². The van der Waals surface area contributed by atoms with Crippen molar-refractivity contribution in [2.75, 3.05) is 16.8 Å². The second-order valence-electron chi connectivity index (χ2n) is 5.59. The summed E-state index contributed by atoms with van der Waals surface area (Å²) in [6, 6.07) is -0.180. The molecule has 1 N–H and O–H groups in total. The molecule has 1 aliphatic heterocycles. The summed E-state index contributed by atoms with van der Waals surface area (Å²) in [4.78, 5) is 20.0. The molecule has 8 nitrogen and oxygen atoms in total. The van der Waals surface area contributed by atoms with E-state index < -0.39 is 9.84 Å². The summed E-state index contributed by atoms with van der Waals surface area (Å²) < 4.78 is 25.0. The topological polar surface area (TPSA) is 107 Å². The van der Waals surface area contributed by atoms with Crippen molar-refractivity contribution < 1.29 is 13.2 Å². The average molecular weight is 335 g/mol.